The highest BCUT2D eigenvalue weighted by Gasteiger charge is 2.52. The van der Waals surface area contributed by atoms with Crippen molar-refractivity contribution in [2.75, 3.05) is 26.4 Å². The van der Waals surface area contributed by atoms with Crippen LogP contribution in [0.2, 0.25) is 0 Å². The van der Waals surface area contributed by atoms with Crippen LogP contribution in [0.1, 0.15) is 55.4 Å². The van der Waals surface area contributed by atoms with Crippen LogP contribution in [0.25, 0.3) is 0 Å². The highest BCUT2D eigenvalue weighted by Crippen LogP contribution is 2.29. The van der Waals surface area contributed by atoms with Crippen LogP contribution in [0, 0.1) is 23.7 Å². The van der Waals surface area contributed by atoms with Gasteiger partial charge in [0.25, 0.3) is 0 Å². The molecule has 54 heavy (non-hydrogen) atoms. The SMILES string of the molecule is CC(=O)N[C@H]1[C@@H](OCC#CC#CCO[C@H]2O[C@H](COC(C)=O)[C@@H](OC(C)=O)[C@H](OC(C)=O)[C@H]2NC(C)=O)O[C@H](COC(C)=O)[C@@H](OC(C)=O)[C@@H]1OC(C)=O. The van der Waals surface area contributed by atoms with Gasteiger partial charge in [-0.15, -0.1) is 0 Å². The summed E-state index contributed by atoms with van der Waals surface area (Å²) in [6.45, 7) is 7.58. The minimum Gasteiger partial charge on any atom is -0.463 e. The summed E-state index contributed by atoms with van der Waals surface area (Å²) in [5.41, 5.74) is 0. The lowest BCUT2D eigenvalue weighted by Gasteiger charge is -2.44. The summed E-state index contributed by atoms with van der Waals surface area (Å²) >= 11 is 0. The van der Waals surface area contributed by atoms with Crippen LogP contribution in [0.4, 0.5) is 0 Å². The molecule has 0 aromatic rings. The quantitative estimate of drug-likeness (QED) is 0.114. The maximum absolute atomic E-state index is 12.1. The molecule has 2 aliphatic heterocycles. The molecule has 2 N–H and O–H groups in total. The van der Waals surface area contributed by atoms with E-state index in [0.29, 0.717) is 0 Å². The van der Waals surface area contributed by atoms with Crippen LogP contribution in [-0.2, 0) is 85.7 Å². The highest BCUT2D eigenvalue weighted by molar-refractivity contribution is 5.74. The number of hydrogen-bond donors (Lipinski definition) is 2. The van der Waals surface area contributed by atoms with Crippen molar-refractivity contribution in [3.8, 4) is 23.7 Å². The summed E-state index contributed by atoms with van der Waals surface area (Å²) in [6.07, 6.45) is -10.3. The van der Waals surface area contributed by atoms with Crippen LogP contribution in [0.5, 0.6) is 0 Å². The molecule has 2 amide bonds. The second kappa shape index (κ2) is 22.1. The van der Waals surface area contributed by atoms with Gasteiger partial charge in [-0.05, 0) is 11.8 Å². The summed E-state index contributed by atoms with van der Waals surface area (Å²) in [5.74, 6) is 4.73. The lowest BCUT2D eigenvalue weighted by molar-refractivity contribution is -0.274. The van der Waals surface area contributed by atoms with Gasteiger partial charge in [-0.2, -0.15) is 0 Å². The first kappa shape index (κ1) is 44.9. The van der Waals surface area contributed by atoms with Crippen LogP contribution >= 0.6 is 0 Å². The number of ether oxygens (including phenoxy) is 10. The largest absolute Gasteiger partial charge is 0.463 e. The number of carbonyl (C=O) groups excluding carboxylic acids is 8. The van der Waals surface area contributed by atoms with E-state index in [1.165, 1.54) is 13.8 Å². The van der Waals surface area contributed by atoms with Gasteiger partial charge in [-0.1, -0.05) is 11.8 Å². The molecular weight excluding hydrogens is 724 g/mol. The van der Waals surface area contributed by atoms with Crippen LogP contribution in [-0.4, -0.2) is 135 Å². The van der Waals surface area contributed by atoms with Gasteiger partial charge in [0.2, 0.25) is 11.8 Å². The molecule has 2 aliphatic rings. The molecular formula is C34H44N2O18. The minimum atomic E-state index is -1.34. The van der Waals surface area contributed by atoms with E-state index in [1.54, 1.807) is 0 Å². The molecule has 2 rings (SSSR count). The van der Waals surface area contributed by atoms with Gasteiger partial charge in [0.05, 0.1) is 0 Å². The number of nitrogens with one attached hydrogen (secondary N) is 2. The smallest absolute Gasteiger partial charge is 0.303 e. The van der Waals surface area contributed by atoms with Gasteiger partial charge in [0, 0.05) is 55.4 Å². The minimum absolute atomic E-state index is 0.350. The summed E-state index contributed by atoms with van der Waals surface area (Å²) in [4.78, 5) is 95.1. The van der Waals surface area contributed by atoms with Crippen molar-refractivity contribution in [1.82, 2.24) is 10.6 Å². The fourth-order valence-electron chi connectivity index (χ4n) is 5.27. The molecule has 0 radical (unpaired) electrons. The van der Waals surface area contributed by atoms with Crippen molar-refractivity contribution in [1.29, 1.82) is 0 Å². The van der Waals surface area contributed by atoms with Crippen LogP contribution in [0.3, 0.4) is 0 Å². The predicted molar refractivity (Wildman–Crippen MR) is 175 cm³/mol. The Kier molecular flexibility index (Phi) is 18.3. The monoisotopic (exact) mass is 768 g/mol. The third-order valence-electron chi connectivity index (χ3n) is 7.02. The summed E-state index contributed by atoms with van der Waals surface area (Å²) in [5, 5.41) is 5.12. The van der Waals surface area contributed by atoms with Crippen LogP contribution < -0.4 is 10.6 Å². The lowest BCUT2D eigenvalue weighted by atomic mass is 9.96. The number of amides is 2. The summed E-state index contributed by atoms with van der Waals surface area (Å²) in [7, 11) is 0. The molecule has 20 heteroatoms. The highest BCUT2D eigenvalue weighted by atomic mass is 16.7. The molecule has 0 saturated carbocycles. The average molecular weight is 769 g/mol. The van der Waals surface area contributed by atoms with Crippen molar-refractivity contribution in [3.63, 3.8) is 0 Å². The number of hydrogen-bond acceptors (Lipinski definition) is 18. The molecule has 20 nitrogen and oxygen atoms in total. The van der Waals surface area contributed by atoms with Crippen molar-refractivity contribution in [2.45, 2.75) is 117 Å². The van der Waals surface area contributed by atoms with E-state index < -0.39 is 122 Å². The Hall–Kier alpha value is -5.28. The maximum Gasteiger partial charge on any atom is 0.303 e. The molecule has 298 valence electrons. The van der Waals surface area contributed by atoms with E-state index in [-0.39, 0.29) is 13.2 Å². The van der Waals surface area contributed by atoms with Crippen molar-refractivity contribution >= 4 is 47.6 Å². The van der Waals surface area contributed by atoms with E-state index in [2.05, 4.69) is 34.3 Å². The standard InChI is InChI=1S/C34H44N2O18/c1-17(37)35-27-31(51-23(7)43)29(49-21(5)41)25(15-47-19(3)39)53-33(27)45-13-11-9-10-12-14-46-34-28(36-18(2)38)32(52-24(8)44)30(50-22(6)42)26(54-34)16-48-20(4)40/h25-34H,13-16H2,1-8H3,(H,35,37)(H,36,38)/t25-,26-,27-,28-,29-,30-,31-,32-,33+,34+/m1/s1. The Labute approximate surface area is 310 Å². The Balaban J connectivity index is 2.24. The van der Waals surface area contributed by atoms with E-state index in [4.69, 9.17) is 47.4 Å². The molecule has 0 aromatic carbocycles. The fraction of sp³-hybridized carbons (Fsp3) is 0.647. The zero-order chi connectivity index (χ0) is 40.5. The van der Waals surface area contributed by atoms with E-state index >= 15 is 0 Å². The lowest BCUT2D eigenvalue weighted by Crippen LogP contribution is -2.66. The summed E-state index contributed by atoms with van der Waals surface area (Å²) in [6, 6.07) is -2.39. The topological polar surface area (TPSA) is 253 Å². The molecule has 0 aliphatic carbocycles. The first-order chi connectivity index (χ1) is 25.4. The molecule has 0 unspecified atom stereocenters. The van der Waals surface area contributed by atoms with Gasteiger partial charge in [0.1, 0.15) is 50.7 Å². The maximum atomic E-state index is 12.1. The van der Waals surface area contributed by atoms with Gasteiger partial charge < -0.3 is 58.0 Å². The number of esters is 6. The molecule has 2 fully saturated rings. The Morgan fingerprint density at radius 3 is 1.07 bits per heavy atom. The first-order valence-corrected chi connectivity index (χ1v) is 16.4. The Bertz CT molecular complexity index is 1410. The van der Waals surface area contributed by atoms with Crippen LogP contribution in [0.15, 0.2) is 0 Å². The second-order valence-corrected chi connectivity index (χ2v) is 11.7. The van der Waals surface area contributed by atoms with Gasteiger partial charge in [-0.3, -0.25) is 38.4 Å². The predicted octanol–water partition coefficient (Wildman–Crippen LogP) is -1.66. The van der Waals surface area contributed by atoms with E-state index in [1.807, 2.05) is 0 Å². The van der Waals surface area contributed by atoms with Gasteiger partial charge >= 0.3 is 35.8 Å². The average Bonchev–Trinajstić information content (AvgIpc) is 3.04. The molecule has 2 heterocycles. The second-order valence-electron chi connectivity index (χ2n) is 11.7. The third-order valence-corrected chi connectivity index (χ3v) is 7.02. The molecule has 2 saturated heterocycles. The van der Waals surface area contributed by atoms with Gasteiger partial charge in [0.15, 0.2) is 37.0 Å². The fourth-order valence-corrected chi connectivity index (χ4v) is 5.27. The Morgan fingerprint density at radius 1 is 0.481 bits per heavy atom. The summed E-state index contributed by atoms with van der Waals surface area (Å²) < 4.78 is 54.8. The zero-order valence-electron chi connectivity index (χ0n) is 31.0. The van der Waals surface area contributed by atoms with Crippen molar-refractivity contribution in [2.24, 2.45) is 0 Å². The molecule has 0 bridgehead atoms. The first-order valence-electron chi connectivity index (χ1n) is 16.4. The number of carbonyl (C=O) groups is 8. The normalized spacial score (nSPS) is 27.1. The van der Waals surface area contributed by atoms with Crippen molar-refractivity contribution < 1.29 is 85.7 Å². The Morgan fingerprint density at radius 2 is 0.796 bits per heavy atom. The van der Waals surface area contributed by atoms with E-state index in [9.17, 15) is 38.4 Å². The third kappa shape index (κ3) is 15.4. The molecule has 10 atom stereocenters. The van der Waals surface area contributed by atoms with Gasteiger partial charge in [-0.25, -0.2) is 0 Å². The zero-order valence-corrected chi connectivity index (χ0v) is 31.0. The molecule has 0 spiro atoms. The molecule has 0 aromatic heterocycles. The van der Waals surface area contributed by atoms with Crippen molar-refractivity contribution in [3.05, 3.63) is 0 Å². The van der Waals surface area contributed by atoms with E-state index in [0.717, 1.165) is 41.5 Å². The number of rotatable bonds is 14.